The summed E-state index contributed by atoms with van der Waals surface area (Å²) in [6.45, 7) is 8.26. The van der Waals surface area contributed by atoms with Gasteiger partial charge in [-0.25, -0.2) is 0 Å². The monoisotopic (exact) mass is 188 g/mol. The Morgan fingerprint density at radius 3 is 2.33 bits per heavy atom. The zero-order chi connectivity index (χ0) is 9.56. The number of Topliss-reactive ketones (excluding diaryl/α,β-unsaturated/α-hetero) is 1. The Morgan fingerprint density at radius 1 is 1.33 bits per heavy atom. The van der Waals surface area contributed by atoms with Crippen LogP contribution in [0.1, 0.15) is 40.5 Å². The normalized spacial score (nSPS) is 13.4. The van der Waals surface area contributed by atoms with Crippen molar-refractivity contribution in [2.45, 2.75) is 45.8 Å². The first-order valence-corrected chi connectivity index (χ1v) is 5.68. The molecule has 72 valence electrons. The lowest BCUT2D eigenvalue weighted by Gasteiger charge is -2.09. The first-order valence-electron chi connectivity index (χ1n) is 4.63. The van der Waals surface area contributed by atoms with Gasteiger partial charge >= 0.3 is 0 Å². The van der Waals surface area contributed by atoms with Crippen LogP contribution in [-0.4, -0.2) is 16.8 Å². The minimum Gasteiger partial charge on any atom is -0.300 e. The molecule has 12 heavy (non-hydrogen) atoms. The van der Waals surface area contributed by atoms with Crippen molar-refractivity contribution in [2.75, 3.05) is 5.75 Å². The van der Waals surface area contributed by atoms with Gasteiger partial charge < -0.3 is 0 Å². The van der Waals surface area contributed by atoms with Gasteiger partial charge in [0, 0.05) is 11.7 Å². The molecule has 0 saturated heterocycles. The lowest BCUT2D eigenvalue weighted by atomic mass is 10.2. The Morgan fingerprint density at radius 2 is 1.92 bits per heavy atom. The number of carbonyl (C=O) groups excluding carboxylic acids is 1. The molecule has 0 spiro atoms. The second-order valence-electron chi connectivity index (χ2n) is 3.77. The summed E-state index contributed by atoms with van der Waals surface area (Å²) in [5.74, 6) is 2.27. The van der Waals surface area contributed by atoms with Gasteiger partial charge in [0.25, 0.3) is 0 Å². The topological polar surface area (TPSA) is 17.1 Å². The van der Waals surface area contributed by atoms with Gasteiger partial charge in [-0.3, -0.25) is 4.79 Å². The Labute approximate surface area is 80.3 Å². The fourth-order valence-corrected chi connectivity index (χ4v) is 2.33. The largest absolute Gasteiger partial charge is 0.300 e. The molecule has 0 N–H and O–H groups in total. The van der Waals surface area contributed by atoms with Crippen LogP contribution in [0.25, 0.3) is 0 Å². The van der Waals surface area contributed by atoms with Crippen LogP contribution in [-0.2, 0) is 4.79 Å². The molecule has 0 heterocycles. The smallest absolute Gasteiger partial charge is 0.130 e. The summed E-state index contributed by atoms with van der Waals surface area (Å²) >= 11 is 1.91. The quantitative estimate of drug-likeness (QED) is 0.637. The van der Waals surface area contributed by atoms with Crippen molar-refractivity contribution in [3.63, 3.8) is 0 Å². The van der Waals surface area contributed by atoms with Crippen molar-refractivity contribution in [1.82, 2.24) is 0 Å². The molecular weight excluding hydrogens is 168 g/mol. The van der Waals surface area contributed by atoms with Gasteiger partial charge in [0.1, 0.15) is 5.78 Å². The highest BCUT2D eigenvalue weighted by Gasteiger charge is 2.05. The van der Waals surface area contributed by atoms with E-state index in [9.17, 15) is 4.79 Å². The fourth-order valence-electron chi connectivity index (χ4n) is 0.969. The molecule has 0 aromatic rings. The zero-order valence-electron chi connectivity index (χ0n) is 8.59. The molecule has 0 radical (unpaired) electrons. The summed E-state index contributed by atoms with van der Waals surface area (Å²) in [5, 5.41) is 0.501. The Kier molecular flexibility index (Phi) is 6.54. The van der Waals surface area contributed by atoms with Crippen LogP contribution in [0, 0.1) is 5.92 Å². The van der Waals surface area contributed by atoms with E-state index in [2.05, 4.69) is 20.8 Å². The van der Waals surface area contributed by atoms with E-state index in [0.29, 0.717) is 11.0 Å². The maximum Gasteiger partial charge on any atom is 0.130 e. The molecule has 0 aliphatic heterocycles. The molecule has 0 aliphatic carbocycles. The molecule has 1 unspecified atom stereocenters. The highest BCUT2D eigenvalue weighted by atomic mass is 32.2. The molecule has 0 aliphatic rings. The number of rotatable bonds is 6. The van der Waals surface area contributed by atoms with Crippen LogP contribution < -0.4 is 0 Å². The molecule has 0 rings (SSSR count). The van der Waals surface area contributed by atoms with Gasteiger partial charge in [0.15, 0.2) is 0 Å². The van der Waals surface area contributed by atoms with Gasteiger partial charge in [0.2, 0.25) is 0 Å². The average Bonchev–Trinajstić information content (AvgIpc) is 1.84. The molecule has 1 atom stereocenters. The van der Waals surface area contributed by atoms with Crippen molar-refractivity contribution in [3.05, 3.63) is 0 Å². The lowest BCUT2D eigenvalue weighted by molar-refractivity contribution is -0.116. The van der Waals surface area contributed by atoms with E-state index in [4.69, 9.17) is 0 Å². The fraction of sp³-hybridized carbons (Fsp3) is 0.900. The predicted molar refractivity (Wildman–Crippen MR) is 56.7 cm³/mol. The van der Waals surface area contributed by atoms with Gasteiger partial charge in [-0.2, -0.15) is 11.8 Å². The van der Waals surface area contributed by atoms with Gasteiger partial charge in [-0.1, -0.05) is 20.8 Å². The summed E-state index contributed by atoms with van der Waals surface area (Å²) in [6.07, 6.45) is 1.98. The Hall–Kier alpha value is 0.0200. The molecule has 1 nitrogen and oxygen atoms in total. The van der Waals surface area contributed by atoms with Crippen LogP contribution in [0.3, 0.4) is 0 Å². The van der Waals surface area contributed by atoms with Crippen molar-refractivity contribution in [1.29, 1.82) is 0 Å². The van der Waals surface area contributed by atoms with Crippen molar-refractivity contribution >= 4 is 17.5 Å². The average molecular weight is 188 g/mol. The van der Waals surface area contributed by atoms with E-state index in [1.165, 1.54) is 12.2 Å². The third-order valence-corrected chi connectivity index (χ3v) is 2.88. The van der Waals surface area contributed by atoms with Crippen LogP contribution in [0.4, 0.5) is 0 Å². The van der Waals surface area contributed by atoms with Crippen LogP contribution in [0.2, 0.25) is 0 Å². The number of thioether (sulfide) groups is 1. The second-order valence-corrected chi connectivity index (χ2v) is 5.32. The summed E-state index contributed by atoms with van der Waals surface area (Å²) in [6, 6.07) is 0. The minimum atomic E-state index is 0.305. The predicted octanol–water partition coefficient (Wildman–Crippen LogP) is 3.13. The van der Waals surface area contributed by atoms with Gasteiger partial charge in [0.05, 0.1) is 0 Å². The van der Waals surface area contributed by atoms with E-state index in [-0.39, 0.29) is 0 Å². The van der Waals surface area contributed by atoms with Crippen molar-refractivity contribution in [3.8, 4) is 0 Å². The summed E-state index contributed by atoms with van der Waals surface area (Å²) < 4.78 is 0. The Bertz CT molecular complexity index is 132. The molecule has 0 saturated carbocycles. The molecule has 0 aromatic carbocycles. The van der Waals surface area contributed by atoms with Crippen LogP contribution >= 0.6 is 11.8 Å². The standard InChI is InChI=1S/C10H20OS/c1-8(2)5-6-12-10(4)7-9(3)11/h8,10H,5-7H2,1-4H3. The first-order chi connectivity index (χ1) is 5.52. The van der Waals surface area contributed by atoms with Gasteiger partial charge in [-0.05, 0) is 25.0 Å². The first kappa shape index (κ1) is 12.0. The highest BCUT2D eigenvalue weighted by Crippen LogP contribution is 2.17. The maximum absolute atomic E-state index is 10.7. The molecule has 0 amide bonds. The van der Waals surface area contributed by atoms with Crippen LogP contribution in [0.5, 0.6) is 0 Å². The van der Waals surface area contributed by atoms with E-state index in [1.54, 1.807) is 6.92 Å². The molecule has 0 bridgehead atoms. The summed E-state index contributed by atoms with van der Waals surface area (Å²) in [4.78, 5) is 10.7. The SMILES string of the molecule is CC(=O)CC(C)SCCC(C)C. The number of hydrogen-bond acceptors (Lipinski definition) is 2. The van der Waals surface area contributed by atoms with E-state index < -0.39 is 0 Å². The molecular formula is C10H20OS. The minimum absolute atomic E-state index is 0.305. The summed E-state index contributed by atoms with van der Waals surface area (Å²) in [5.41, 5.74) is 0. The zero-order valence-corrected chi connectivity index (χ0v) is 9.41. The number of ketones is 1. The number of carbonyl (C=O) groups is 1. The second kappa shape index (κ2) is 6.53. The maximum atomic E-state index is 10.7. The summed E-state index contributed by atoms with van der Waals surface area (Å²) in [7, 11) is 0. The molecule has 0 aromatic heterocycles. The Balaban J connectivity index is 3.31. The highest BCUT2D eigenvalue weighted by molar-refractivity contribution is 7.99. The lowest BCUT2D eigenvalue weighted by Crippen LogP contribution is -2.04. The third-order valence-electron chi connectivity index (χ3n) is 1.67. The van der Waals surface area contributed by atoms with Crippen molar-refractivity contribution < 1.29 is 4.79 Å². The van der Waals surface area contributed by atoms with E-state index in [0.717, 1.165) is 12.3 Å². The molecule has 2 heteroatoms. The van der Waals surface area contributed by atoms with E-state index >= 15 is 0 Å². The van der Waals surface area contributed by atoms with Crippen molar-refractivity contribution in [2.24, 2.45) is 5.92 Å². The number of hydrogen-bond donors (Lipinski definition) is 0. The van der Waals surface area contributed by atoms with Gasteiger partial charge in [-0.15, -0.1) is 0 Å². The van der Waals surface area contributed by atoms with E-state index in [1.807, 2.05) is 11.8 Å². The third kappa shape index (κ3) is 8.12. The molecule has 0 fully saturated rings. The van der Waals surface area contributed by atoms with Crippen LogP contribution in [0.15, 0.2) is 0 Å².